The molecule has 0 aliphatic heterocycles. The van der Waals surface area contributed by atoms with Gasteiger partial charge in [-0.05, 0) is 12.0 Å². The largest absolute Gasteiger partial charge is 0.465 e. The molecule has 0 spiro atoms. The van der Waals surface area contributed by atoms with E-state index in [0.29, 0.717) is 11.8 Å². The zero-order chi connectivity index (χ0) is 12.8. The Labute approximate surface area is 96.2 Å². The van der Waals surface area contributed by atoms with E-state index in [1.807, 2.05) is 5.32 Å². The SMILES string of the molecule is O=C[C@H](Cc1cccc([N+](=O)[O-])c1)NC(=O)O. The molecule has 0 saturated carbocycles. The number of carboxylic acid groups (broad SMARTS) is 1. The highest BCUT2D eigenvalue weighted by Gasteiger charge is 2.13. The fourth-order valence-electron chi connectivity index (χ4n) is 1.34. The quantitative estimate of drug-likeness (QED) is 0.451. The Bertz CT molecular complexity index is 446. The Morgan fingerprint density at radius 1 is 1.59 bits per heavy atom. The first-order valence-corrected chi connectivity index (χ1v) is 4.71. The van der Waals surface area contributed by atoms with Crippen LogP contribution >= 0.6 is 0 Å². The number of aldehydes is 1. The maximum Gasteiger partial charge on any atom is 0.405 e. The third-order valence-corrected chi connectivity index (χ3v) is 2.05. The van der Waals surface area contributed by atoms with E-state index in [0.717, 1.165) is 0 Å². The van der Waals surface area contributed by atoms with Crippen molar-refractivity contribution in [2.24, 2.45) is 0 Å². The maximum absolute atomic E-state index is 10.6. The number of nitrogens with zero attached hydrogens (tertiary/aromatic N) is 1. The van der Waals surface area contributed by atoms with Gasteiger partial charge in [0.05, 0.1) is 11.0 Å². The van der Waals surface area contributed by atoms with Crippen LogP contribution < -0.4 is 5.32 Å². The molecule has 0 unspecified atom stereocenters. The third-order valence-electron chi connectivity index (χ3n) is 2.05. The highest BCUT2D eigenvalue weighted by atomic mass is 16.6. The molecule has 1 atom stereocenters. The minimum Gasteiger partial charge on any atom is -0.465 e. The summed E-state index contributed by atoms with van der Waals surface area (Å²) in [6.07, 6.45) is -0.780. The van der Waals surface area contributed by atoms with Gasteiger partial charge in [-0.3, -0.25) is 10.1 Å². The molecule has 0 aliphatic rings. The molecule has 7 nitrogen and oxygen atoms in total. The lowest BCUT2D eigenvalue weighted by Gasteiger charge is -2.09. The van der Waals surface area contributed by atoms with Crippen molar-refractivity contribution in [3.8, 4) is 0 Å². The minimum atomic E-state index is -1.31. The molecule has 0 heterocycles. The molecule has 1 aromatic rings. The lowest BCUT2D eigenvalue weighted by molar-refractivity contribution is -0.384. The van der Waals surface area contributed by atoms with Crippen LogP contribution in [0.15, 0.2) is 24.3 Å². The smallest absolute Gasteiger partial charge is 0.405 e. The highest BCUT2D eigenvalue weighted by Crippen LogP contribution is 2.14. The molecule has 7 heteroatoms. The first-order chi connectivity index (χ1) is 8.02. The number of benzene rings is 1. The first kappa shape index (κ1) is 12.6. The molecule has 1 amide bonds. The van der Waals surface area contributed by atoms with Gasteiger partial charge in [-0.1, -0.05) is 12.1 Å². The van der Waals surface area contributed by atoms with Crippen molar-refractivity contribution >= 4 is 18.1 Å². The van der Waals surface area contributed by atoms with E-state index in [2.05, 4.69) is 0 Å². The van der Waals surface area contributed by atoms with E-state index < -0.39 is 17.1 Å². The van der Waals surface area contributed by atoms with Gasteiger partial charge < -0.3 is 15.2 Å². The van der Waals surface area contributed by atoms with Gasteiger partial charge in [-0.25, -0.2) is 4.79 Å². The zero-order valence-corrected chi connectivity index (χ0v) is 8.70. The van der Waals surface area contributed by atoms with Gasteiger partial charge in [0.1, 0.15) is 6.29 Å². The van der Waals surface area contributed by atoms with Gasteiger partial charge >= 0.3 is 6.09 Å². The summed E-state index contributed by atoms with van der Waals surface area (Å²) in [5, 5.41) is 21.0. The van der Waals surface area contributed by atoms with Crippen LogP contribution in [-0.2, 0) is 11.2 Å². The second kappa shape index (κ2) is 5.59. The van der Waals surface area contributed by atoms with Crippen LogP contribution in [0.3, 0.4) is 0 Å². The van der Waals surface area contributed by atoms with Crippen molar-refractivity contribution in [1.82, 2.24) is 5.32 Å². The number of amides is 1. The number of hydrogen-bond acceptors (Lipinski definition) is 4. The number of nitro groups is 1. The van der Waals surface area contributed by atoms with Crippen LogP contribution in [0.4, 0.5) is 10.5 Å². The molecule has 1 rings (SSSR count). The van der Waals surface area contributed by atoms with E-state index in [1.54, 1.807) is 6.07 Å². The van der Waals surface area contributed by atoms with E-state index in [1.165, 1.54) is 18.2 Å². The van der Waals surface area contributed by atoms with Gasteiger partial charge in [0.25, 0.3) is 5.69 Å². The molecule has 0 aliphatic carbocycles. The number of carbonyl (C=O) groups is 2. The Balaban J connectivity index is 2.79. The summed E-state index contributed by atoms with van der Waals surface area (Å²) in [5.74, 6) is 0. The molecule has 0 radical (unpaired) electrons. The average Bonchev–Trinajstić information content (AvgIpc) is 2.28. The predicted molar refractivity (Wildman–Crippen MR) is 57.8 cm³/mol. The Hall–Kier alpha value is -2.44. The summed E-state index contributed by atoms with van der Waals surface area (Å²) in [4.78, 5) is 30.9. The van der Waals surface area contributed by atoms with Crippen LogP contribution in [0.2, 0.25) is 0 Å². The average molecular weight is 238 g/mol. The topological polar surface area (TPSA) is 110 Å². The normalized spacial score (nSPS) is 11.5. The second-order valence-corrected chi connectivity index (χ2v) is 3.32. The van der Waals surface area contributed by atoms with E-state index >= 15 is 0 Å². The lowest BCUT2D eigenvalue weighted by Crippen LogP contribution is -2.36. The molecule has 90 valence electrons. The van der Waals surface area contributed by atoms with Gasteiger partial charge in [0, 0.05) is 12.1 Å². The van der Waals surface area contributed by atoms with Gasteiger partial charge in [0.15, 0.2) is 0 Å². The highest BCUT2D eigenvalue weighted by molar-refractivity contribution is 5.71. The second-order valence-electron chi connectivity index (χ2n) is 3.32. The number of hydrogen-bond donors (Lipinski definition) is 2. The van der Waals surface area contributed by atoms with Crippen LogP contribution in [-0.4, -0.2) is 28.5 Å². The number of carbonyl (C=O) groups excluding carboxylic acids is 1. The standard InChI is InChI=1S/C10H10N2O5/c13-6-8(11-10(14)15)4-7-2-1-3-9(5-7)12(16)17/h1-3,5-6,8,11H,4H2,(H,14,15)/t8-/m0/s1. The number of nitrogens with one attached hydrogen (secondary N) is 1. The summed E-state index contributed by atoms with van der Waals surface area (Å²) in [6.45, 7) is 0. The summed E-state index contributed by atoms with van der Waals surface area (Å²) in [6, 6.07) is 4.79. The molecular weight excluding hydrogens is 228 g/mol. The number of nitro benzene ring substituents is 1. The van der Waals surface area contributed by atoms with Crippen molar-refractivity contribution in [1.29, 1.82) is 0 Å². The molecule has 17 heavy (non-hydrogen) atoms. The predicted octanol–water partition coefficient (Wildman–Crippen LogP) is 0.972. The van der Waals surface area contributed by atoms with Crippen molar-refractivity contribution < 1.29 is 19.6 Å². The zero-order valence-electron chi connectivity index (χ0n) is 8.70. The van der Waals surface area contributed by atoms with Crippen molar-refractivity contribution in [3.63, 3.8) is 0 Å². The molecule has 1 aromatic carbocycles. The van der Waals surface area contributed by atoms with Crippen LogP contribution in [0, 0.1) is 10.1 Å². The van der Waals surface area contributed by atoms with Crippen LogP contribution in [0.1, 0.15) is 5.56 Å². The van der Waals surface area contributed by atoms with Crippen LogP contribution in [0.25, 0.3) is 0 Å². The number of rotatable bonds is 5. The maximum atomic E-state index is 10.6. The van der Waals surface area contributed by atoms with Gasteiger partial charge in [-0.2, -0.15) is 0 Å². The third kappa shape index (κ3) is 3.90. The van der Waals surface area contributed by atoms with E-state index in [9.17, 15) is 19.7 Å². The molecular formula is C10H10N2O5. The van der Waals surface area contributed by atoms with Crippen molar-refractivity contribution in [3.05, 3.63) is 39.9 Å². The van der Waals surface area contributed by atoms with Crippen molar-refractivity contribution in [2.45, 2.75) is 12.5 Å². The Morgan fingerprint density at radius 3 is 2.82 bits per heavy atom. The lowest BCUT2D eigenvalue weighted by atomic mass is 10.1. The Morgan fingerprint density at radius 2 is 2.29 bits per heavy atom. The van der Waals surface area contributed by atoms with Crippen molar-refractivity contribution in [2.75, 3.05) is 0 Å². The number of non-ortho nitro benzene ring substituents is 1. The summed E-state index contributed by atoms with van der Waals surface area (Å²) in [5.41, 5.74) is 0.424. The van der Waals surface area contributed by atoms with E-state index in [4.69, 9.17) is 5.11 Å². The van der Waals surface area contributed by atoms with Gasteiger partial charge in [0.2, 0.25) is 0 Å². The summed E-state index contributed by atoms with van der Waals surface area (Å²) < 4.78 is 0. The fourth-order valence-corrected chi connectivity index (χ4v) is 1.34. The molecule has 0 bridgehead atoms. The van der Waals surface area contributed by atoms with Gasteiger partial charge in [-0.15, -0.1) is 0 Å². The Kier molecular flexibility index (Phi) is 4.15. The fraction of sp³-hybridized carbons (Fsp3) is 0.200. The molecule has 0 aromatic heterocycles. The molecule has 0 saturated heterocycles. The van der Waals surface area contributed by atoms with E-state index in [-0.39, 0.29) is 12.1 Å². The summed E-state index contributed by atoms with van der Waals surface area (Å²) >= 11 is 0. The molecule has 0 fully saturated rings. The monoisotopic (exact) mass is 238 g/mol. The minimum absolute atomic E-state index is 0.0808. The van der Waals surface area contributed by atoms with Crippen LogP contribution in [0.5, 0.6) is 0 Å². The summed E-state index contributed by atoms with van der Waals surface area (Å²) in [7, 11) is 0. The first-order valence-electron chi connectivity index (χ1n) is 4.71. The molecule has 2 N–H and O–H groups in total.